The molecule has 0 saturated carbocycles. The van der Waals surface area contributed by atoms with Gasteiger partial charge in [-0.05, 0) is 37.6 Å². The zero-order valence-electron chi connectivity index (χ0n) is 11.0. The summed E-state index contributed by atoms with van der Waals surface area (Å²) in [5.41, 5.74) is -0.571. The van der Waals surface area contributed by atoms with Crippen molar-refractivity contribution in [1.29, 1.82) is 0 Å². The molecule has 0 aliphatic carbocycles. The number of sulfone groups is 1. The van der Waals surface area contributed by atoms with Gasteiger partial charge < -0.3 is 5.32 Å². The van der Waals surface area contributed by atoms with Crippen LogP contribution in [-0.2, 0) is 21.1 Å². The first kappa shape index (κ1) is 14.5. The number of aryl methyl sites for hydroxylation is 1. The smallest absolute Gasteiger partial charge is 0.220 e. The summed E-state index contributed by atoms with van der Waals surface area (Å²) in [6, 6.07) is 4.07. The van der Waals surface area contributed by atoms with E-state index in [2.05, 4.69) is 11.4 Å². The fourth-order valence-corrected chi connectivity index (χ4v) is 5.23. The van der Waals surface area contributed by atoms with Crippen molar-refractivity contribution < 1.29 is 13.2 Å². The lowest BCUT2D eigenvalue weighted by atomic mass is 10.0. The Bertz CT molecular complexity index is 536. The molecule has 4 nitrogen and oxygen atoms in total. The minimum absolute atomic E-state index is 0.0452. The third-order valence-electron chi connectivity index (χ3n) is 3.35. The highest BCUT2D eigenvalue weighted by atomic mass is 32.2. The molecule has 1 N–H and O–H groups in total. The van der Waals surface area contributed by atoms with Crippen LogP contribution in [-0.4, -0.2) is 31.4 Å². The number of hydrogen-bond acceptors (Lipinski definition) is 4. The lowest BCUT2D eigenvalue weighted by Crippen LogP contribution is -2.46. The molecular weight excluding hydrogens is 282 g/mol. The van der Waals surface area contributed by atoms with Crippen LogP contribution >= 0.6 is 11.3 Å². The molecule has 6 heteroatoms. The molecule has 106 valence electrons. The molecule has 0 aromatic carbocycles. The number of hydrogen-bond donors (Lipinski definition) is 1. The summed E-state index contributed by atoms with van der Waals surface area (Å²) in [6.45, 7) is 1.81. The summed E-state index contributed by atoms with van der Waals surface area (Å²) in [5, 5.41) is 4.90. The Labute approximate surface area is 118 Å². The van der Waals surface area contributed by atoms with Gasteiger partial charge in [0.2, 0.25) is 5.91 Å². The highest BCUT2D eigenvalue weighted by Gasteiger charge is 2.39. The Kier molecular flexibility index (Phi) is 4.30. The van der Waals surface area contributed by atoms with E-state index in [9.17, 15) is 13.2 Å². The van der Waals surface area contributed by atoms with Gasteiger partial charge in [0.1, 0.15) is 0 Å². The molecule has 1 atom stereocenters. The normalized spacial score (nSPS) is 25.3. The molecule has 1 fully saturated rings. The standard InChI is InChI=1S/C13H19NO3S2/c1-13(7-9-19(16,17)10-13)14-12(15)6-2-4-11-5-3-8-18-11/h3,5,8H,2,4,6-7,9-10H2,1H3,(H,14,15)/t13-/m1/s1. The molecule has 1 saturated heterocycles. The van der Waals surface area contributed by atoms with E-state index < -0.39 is 15.4 Å². The van der Waals surface area contributed by atoms with Crippen molar-refractivity contribution in [2.75, 3.05) is 11.5 Å². The van der Waals surface area contributed by atoms with Gasteiger partial charge in [-0.1, -0.05) is 6.07 Å². The maximum absolute atomic E-state index is 11.8. The number of rotatable bonds is 5. The fraction of sp³-hybridized carbons (Fsp3) is 0.615. The van der Waals surface area contributed by atoms with E-state index in [1.807, 2.05) is 18.4 Å². The van der Waals surface area contributed by atoms with Gasteiger partial charge in [0.05, 0.1) is 17.0 Å². The molecule has 0 radical (unpaired) electrons. The predicted molar refractivity (Wildman–Crippen MR) is 77.1 cm³/mol. The molecule has 2 heterocycles. The Balaban J connectivity index is 1.75. The number of thiophene rings is 1. The fourth-order valence-electron chi connectivity index (χ4n) is 2.39. The van der Waals surface area contributed by atoms with E-state index in [4.69, 9.17) is 0 Å². The lowest BCUT2D eigenvalue weighted by Gasteiger charge is -2.23. The van der Waals surface area contributed by atoms with Crippen molar-refractivity contribution in [3.8, 4) is 0 Å². The number of carbonyl (C=O) groups is 1. The van der Waals surface area contributed by atoms with Gasteiger partial charge in [0.15, 0.2) is 9.84 Å². The maximum atomic E-state index is 11.8. The minimum atomic E-state index is -2.97. The Morgan fingerprint density at radius 1 is 1.53 bits per heavy atom. The van der Waals surface area contributed by atoms with E-state index in [1.54, 1.807) is 11.3 Å². The van der Waals surface area contributed by atoms with Crippen molar-refractivity contribution in [2.45, 2.75) is 38.1 Å². The van der Waals surface area contributed by atoms with Gasteiger partial charge in [-0.2, -0.15) is 0 Å². The molecule has 1 aliphatic rings. The van der Waals surface area contributed by atoms with Crippen molar-refractivity contribution in [2.24, 2.45) is 0 Å². The molecular formula is C13H19NO3S2. The first-order valence-corrected chi connectivity index (χ1v) is 9.13. The molecule has 1 amide bonds. The van der Waals surface area contributed by atoms with Gasteiger partial charge in [-0.25, -0.2) is 8.42 Å². The predicted octanol–water partition coefficient (Wildman–Crippen LogP) is 1.76. The number of nitrogens with one attached hydrogen (secondary N) is 1. The summed E-state index contributed by atoms with van der Waals surface area (Å²) in [6.07, 6.45) is 2.68. The quantitative estimate of drug-likeness (QED) is 0.901. The largest absolute Gasteiger partial charge is 0.350 e. The van der Waals surface area contributed by atoms with Gasteiger partial charge in [-0.15, -0.1) is 11.3 Å². The van der Waals surface area contributed by atoms with Crippen molar-refractivity contribution in [1.82, 2.24) is 5.32 Å². The summed E-state index contributed by atoms with van der Waals surface area (Å²) < 4.78 is 22.9. The zero-order chi connectivity index (χ0) is 13.9. The molecule has 1 aliphatic heterocycles. The van der Waals surface area contributed by atoms with Crippen molar-refractivity contribution in [3.63, 3.8) is 0 Å². The lowest BCUT2D eigenvalue weighted by molar-refractivity contribution is -0.122. The van der Waals surface area contributed by atoms with Gasteiger partial charge >= 0.3 is 0 Å². The number of carbonyl (C=O) groups excluding carboxylic acids is 1. The topological polar surface area (TPSA) is 63.2 Å². The average molecular weight is 301 g/mol. The average Bonchev–Trinajstić information content (AvgIpc) is 2.87. The van der Waals surface area contributed by atoms with Crippen LogP contribution in [0.25, 0.3) is 0 Å². The van der Waals surface area contributed by atoms with Crippen LogP contribution < -0.4 is 5.32 Å². The van der Waals surface area contributed by atoms with Crippen molar-refractivity contribution in [3.05, 3.63) is 22.4 Å². The zero-order valence-corrected chi connectivity index (χ0v) is 12.6. The van der Waals surface area contributed by atoms with Crippen LogP contribution in [0.4, 0.5) is 0 Å². The van der Waals surface area contributed by atoms with Crippen LogP contribution in [0.5, 0.6) is 0 Å². The van der Waals surface area contributed by atoms with Crippen LogP contribution in [0.2, 0.25) is 0 Å². The Morgan fingerprint density at radius 2 is 2.32 bits per heavy atom. The second kappa shape index (κ2) is 5.63. The maximum Gasteiger partial charge on any atom is 0.220 e. The van der Waals surface area contributed by atoms with Crippen molar-refractivity contribution >= 4 is 27.1 Å². The first-order chi connectivity index (χ1) is 8.89. The van der Waals surface area contributed by atoms with Gasteiger partial charge in [-0.3, -0.25) is 4.79 Å². The summed E-state index contributed by atoms with van der Waals surface area (Å²) >= 11 is 1.70. The Hall–Kier alpha value is -0.880. The molecule has 0 unspecified atom stereocenters. The first-order valence-electron chi connectivity index (χ1n) is 6.42. The Morgan fingerprint density at radius 3 is 2.89 bits per heavy atom. The molecule has 19 heavy (non-hydrogen) atoms. The van der Waals surface area contributed by atoms with E-state index >= 15 is 0 Å². The van der Waals surface area contributed by atoms with E-state index in [0.29, 0.717) is 12.8 Å². The highest BCUT2D eigenvalue weighted by Crippen LogP contribution is 2.23. The number of amides is 1. The molecule has 1 aromatic rings. The summed E-state index contributed by atoms with van der Waals surface area (Å²) in [7, 11) is -2.97. The minimum Gasteiger partial charge on any atom is -0.350 e. The van der Waals surface area contributed by atoms with Gasteiger partial charge in [0.25, 0.3) is 0 Å². The third-order valence-corrected chi connectivity index (χ3v) is 6.19. The monoisotopic (exact) mass is 301 g/mol. The van der Waals surface area contributed by atoms with E-state index in [-0.39, 0.29) is 17.4 Å². The summed E-state index contributed by atoms with van der Waals surface area (Å²) in [4.78, 5) is 13.1. The molecule has 1 aromatic heterocycles. The SMILES string of the molecule is C[C@@]1(NC(=O)CCCc2cccs2)CCS(=O)(=O)C1. The second-order valence-electron chi connectivity index (χ2n) is 5.38. The van der Waals surface area contributed by atoms with Gasteiger partial charge in [0, 0.05) is 11.3 Å². The van der Waals surface area contributed by atoms with E-state index in [0.717, 1.165) is 12.8 Å². The van der Waals surface area contributed by atoms with Crippen LogP contribution in [0.1, 0.15) is 31.1 Å². The second-order valence-corrected chi connectivity index (χ2v) is 8.60. The summed E-state index contributed by atoms with van der Waals surface area (Å²) in [5.74, 6) is 0.200. The van der Waals surface area contributed by atoms with Crippen LogP contribution in [0.3, 0.4) is 0 Å². The highest BCUT2D eigenvalue weighted by molar-refractivity contribution is 7.91. The molecule has 2 rings (SSSR count). The van der Waals surface area contributed by atoms with Crippen LogP contribution in [0, 0.1) is 0 Å². The molecule has 0 spiro atoms. The van der Waals surface area contributed by atoms with E-state index in [1.165, 1.54) is 4.88 Å². The third kappa shape index (κ3) is 4.31. The van der Waals surface area contributed by atoms with Crippen LogP contribution in [0.15, 0.2) is 17.5 Å². The molecule has 0 bridgehead atoms.